The van der Waals surface area contributed by atoms with Crippen molar-refractivity contribution < 1.29 is 4.79 Å². The summed E-state index contributed by atoms with van der Waals surface area (Å²) in [6.45, 7) is 5.15. The monoisotopic (exact) mass is 386 g/mol. The van der Waals surface area contributed by atoms with Crippen molar-refractivity contribution in [2.24, 2.45) is 0 Å². The Morgan fingerprint density at radius 1 is 1.10 bits per heavy atom. The summed E-state index contributed by atoms with van der Waals surface area (Å²) in [6, 6.07) is 14.1. The zero-order valence-corrected chi connectivity index (χ0v) is 16.2. The Labute approximate surface area is 168 Å². The van der Waals surface area contributed by atoms with Crippen LogP contribution in [-0.2, 0) is 13.1 Å². The van der Waals surface area contributed by atoms with E-state index in [4.69, 9.17) is 4.98 Å². The van der Waals surface area contributed by atoms with Crippen molar-refractivity contribution in [1.29, 1.82) is 0 Å². The molecule has 0 bridgehead atoms. The highest BCUT2D eigenvalue weighted by molar-refractivity contribution is 5.98. The smallest absolute Gasteiger partial charge is 0.251 e. The van der Waals surface area contributed by atoms with Gasteiger partial charge in [-0.05, 0) is 41.8 Å². The van der Waals surface area contributed by atoms with E-state index in [1.807, 2.05) is 29.8 Å². The summed E-state index contributed by atoms with van der Waals surface area (Å²) >= 11 is 0. The Kier molecular flexibility index (Phi) is 4.37. The molecule has 146 valence electrons. The zero-order chi connectivity index (χ0) is 19.8. The van der Waals surface area contributed by atoms with E-state index in [9.17, 15) is 4.79 Å². The Balaban J connectivity index is 1.40. The van der Waals surface area contributed by atoms with Crippen LogP contribution in [0, 0.1) is 0 Å². The van der Waals surface area contributed by atoms with Crippen LogP contribution in [0.1, 0.15) is 28.4 Å². The van der Waals surface area contributed by atoms with Crippen molar-refractivity contribution in [3.8, 4) is 11.4 Å². The highest BCUT2D eigenvalue weighted by atomic mass is 16.1. The third kappa shape index (κ3) is 3.30. The number of benzene rings is 2. The highest BCUT2D eigenvalue weighted by Gasteiger charge is 2.19. The number of aryl methyl sites for hydroxylation is 1. The molecule has 2 aromatic carbocycles. The molecule has 2 aliphatic rings. The average Bonchev–Trinajstić information content (AvgIpc) is 3.49. The molecule has 0 aliphatic carbocycles. The average molecular weight is 386 g/mol. The Morgan fingerprint density at radius 2 is 1.93 bits per heavy atom. The number of nitrogens with zero attached hydrogens (tertiary/aromatic N) is 3. The van der Waals surface area contributed by atoms with E-state index in [2.05, 4.69) is 51.4 Å². The molecule has 0 unspecified atom stereocenters. The van der Waals surface area contributed by atoms with Crippen LogP contribution < -0.4 is 16.0 Å². The van der Waals surface area contributed by atoms with E-state index in [0.29, 0.717) is 24.9 Å². The van der Waals surface area contributed by atoms with Crippen LogP contribution in [0.5, 0.6) is 0 Å². The van der Waals surface area contributed by atoms with E-state index in [1.54, 1.807) is 0 Å². The molecule has 3 heterocycles. The lowest BCUT2D eigenvalue weighted by molar-refractivity contribution is 0.0966. The topological polar surface area (TPSA) is 83.9 Å². The Morgan fingerprint density at radius 3 is 2.69 bits per heavy atom. The third-order valence-corrected chi connectivity index (χ3v) is 5.34. The van der Waals surface area contributed by atoms with Crippen LogP contribution in [0.3, 0.4) is 0 Å². The molecule has 7 nitrogen and oxygen atoms in total. The number of carbonyl (C=O) groups is 1. The first-order chi connectivity index (χ1) is 14.2. The van der Waals surface area contributed by atoms with Crippen molar-refractivity contribution in [1.82, 2.24) is 25.4 Å². The van der Waals surface area contributed by atoms with Gasteiger partial charge in [0.15, 0.2) is 5.82 Å². The molecule has 1 amide bonds. The molecule has 0 saturated heterocycles. The van der Waals surface area contributed by atoms with Crippen LogP contribution in [0.4, 0.5) is 11.6 Å². The summed E-state index contributed by atoms with van der Waals surface area (Å²) in [5.74, 6) is 1.36. The van der Waals surface area contributed by atoms with Gasteiger partial charge < -0.3 is 16.0 Å². The fourth-order valence-electron chi connectivity index (χ4n) is 3.74. The lowest BCUT2D eigenvalue weighted by atomic mass is 10.0. The molecule has 7 heteroatoms. The first-order valence-corrected chi connectivity index (χ1v) is 9.85. The summed E-state index contributed by atoms with van der Waals surface area (Å²) in [7, 11) is 0. The van der Waals surface area contributed by atoms with Gasteiger partial charge in [0, 0.05) is 43.0 Å². The van der Waals surface area contributed by atoms with E-state index in [-0.39, 0.29) is 5.91 Å². The summed E-state index contributed by atoms with van der Waals surface area (Å²) in [5.41, 5.74) is 6.17. The van der Waals surface area contributed by atoms with Gasteiger partial charge in [-0.1, -0.05) is 30.3 Å². The minimum absolute atomic E-state index is 0.0156. The molecule has 0 fully saturated rings. The molecular formula is C22H22N6O. The number of carbonyl (C=O) groups excluding carboxylic acids is 1. The summed E-state index contributed by atoms with van der Waals surface area (Å²) < 4.78 is 1.85. The van der Waals surface area contributed by atoms with E-state index < -0.39 is 0 Å². The second-order valence-corrected chi connectivity index (χ2v) is 7.19. The fourth-order valence-corrected chi connectivity index (χ4v) is 3.74. The number of anilines is 2. The maximum atomic E-state index is 11.7. The van der Waals surface area contributed by atoms with Crippen molar-refractivity contribution >= 4 is 23.1 Å². The predicted molar refractivity (Wildman–Crippen MR) is 113 cm³/mol. The summed E-state index contributed by atoms with van der Waals surface area (Å²) in [4.78, 5) is 16.5. The second kappa shape index (κ2) is 7.18. The van der Waals surface area contributed by atoms with Crippen LogP contribution in [-0.4, -0.2) is 33.8 Å². The molecule has 0 radical (unpaired) electrons. The Bertz CT molecular complexity index is 1110. The van der Waals surface area contributed by atoms with Gasteiger partial charge in [-0.2, -0.15) is 4.98 Å². The van der Waals surface area contributed by atoms with Crippen molar-refractivity contribution in [2.75, 3.05) is 18.4 Å². The number of aromatic nitrogens is 3. The van der Waals surface area contributed by atoms with Gasteiger partial charge in [-0.3, -0.25) is 4.79 Å². The number of hydrogen-bond acceptors (Lipinski definition) is 5. The normalized spacial score (nSPS) is 15.2. The molecule has 3 N–H and O–H groups in total. The lowest BCUT2D eigenvalue weighted by Gasteiger charge is -2.07. The maximum absolute atomic E-state index is 11.7. The molecule has 5 rings (SSSR count). The first-order valence-electron chi connectivity index (χ1n) is 9.85. The van der Waals surface area contributed by atoms with Gasteiger partial charge in [0.05, 0.1) is 0 Å². The minimum Gasteiger partial charge on any atom is -0.348 e. The molecule has 0 spiro atoms. The molecule has 1 aromatic heterocycles. The van der Waals surface area contributed by atoms with Gasteiger partial charge in [-0.25, -0.2) is 4.68 Å². The van der Waals surface area contributed by atoms with E-state index >= 15 is 0 Å². The molecule has 3 aromatic rings. The van der Waals surface area contributed by atoms with Gasteiger partial charge >= 0.3 is 0 Å². The Hall–Kier alpha value is -3.45. The SMILES string of the molecule is CCn1nc(-c2ccc(C3=CCNC3)cc2)nc1Nc1ccc2c(c1)CNC2=O. The third-order valence-electron chi connectivity index (χ3n) is 5.34. The lowest BCUT2D eigenvalue weighted by Crippen LogP contribution is -2.12. The standard InChI is InChI=1S/C22H22N6O/c1-2-28-22(25-18-7-8-19-17(11-18)13-24-21(19)29)26-20(27-28)15-5-3-14(4-6-15)16-9-10-23-12-16/h3-9,11,23H,2,10,12-13H2,1H3,(H,24,29)(H,25,26,27). The molecular weight excluding hydrogens is 364 g/mol. The fraction of sp³-hybridized carbons (Fsp3) is 0.227. The van der Waals surface area contributed by atoms with E-state index in [1.165, 1.54) is 11.1 Å². The van der Waals surface area contributed by atoms with Gasteiger partial charge in [-0.15, -0.1) is 5.10 Å². The largest absolute Gasteiger partial charge is 0.348 e. The zero-order valence-electron chi connectivity index (χ0n) is 16.2. The van der Waals surface area contributed by atoms with Gasteiger partial charge in [0.2, 0.25) is 5.95 Å². The van der Waals surface area contributed by atoms with Crippen LogP contribution >= 0.6 is 0 Å². The second-order valence-electron chi connectivity index (χ2n) is 7.19. The molecule has 2 aliphatic heterocycles. The molecule has 29 heavy (non-hydrogen) atoms. The number of amides is 1. The number of hydrogen-bond donors (Lipinski definition) is 3. The van der Waals surface area contributed by atoms with Crippen molar-refractivity contribution in [3.63, 3.8) is 0 Å². The predicted octanol–water partition coefficient (Wildman–Crippen LogP) is 2.94. The summed E-state index contributed by atoms with van der Waals surface area (Å²) in [5, 5.41) is 14.2. The van der Waals surface area contributed by atoms with Crippen molar-refractivity contribution in [3.05, 3.63) is 65.2 Å². The quantitative estimate of drug-likeness (QED) is 0.628. The number of fused-ring (bicyclic) bond motifs is 1. The minimum atomic E-state index is -0.0156. The highest BCUT2D eigenvalue weighted by Crippen LogP contribution is 2.25. The van der Waals surface area contributed by atoms with Crippen LogP contribution in [0.25, 0.3) is 17.0 Å². The van der Waals surface area contributed by atoms with E-state index in [0.717, 1.165) is 35.5 Å². The first kappa shape index (κ1) is 17.6. The van der Waals surface area contributed by atoms with Crippen LogP contribution in [0.15, 0.2) is 48.5 Å². The van der Waals surface area contributed by atoms with Crippen LogP contribution in [0.2, 0.25) is 0 Å². The maximum Gasteiger partial charge on any atom is 0.251 e. The van der Waals surface area contributed by atoms with Gasteiger partial charge in [0.25, 0.3) is 5.91 Å². The van der Waals surface area contributed by atoms with Gasteiger partial charge in [0.1, 0.15) is 0 Å². The number of rotatable bonds is 5. The number of nitrogens with one attached hydrogen (secondary N) is 3. The molecule has 0 saturated carbocycles. The summed E-state index contributed by atoms with van der Waals surface area (Å²) in [6.07, 6.45) is 2.22. The molecule has 0 atom stereocenters. The van der Waals surface area contributed by atoms with Crippen molar-refractivity contribution in [2.45, 2.75) is 20.0 Å².